The largest absolute Gasteiger partial charge is 0.507 e. The van der Waals surface area contributed by atoms with Crippen molar-refractivity contribution in [3.8, 4) is 11.5 Å². The summed E-state index contributed by atoms with van der Waals surface area (Å²) in [6, 6.07) is 0. The molecule has 6 heteroatoms. The second-order valence-electron chi connectivity index (χ2n) is 6.43. The third-order valence-electron chi connectivity index (χ3n) is 4.50. The minimum Gasteiger partial charge on any atom is -0.507 e. The minimum atomic E-state index is -0.168. The molecule has 0 saturated heterocycles. The summed E-state index contributed by atoms with van der Waals surface area (Å²) in [6.45, 7) is 3.84. The average molecular weight is 385 g/mol. The number of aromatic hydroxyl groups is 2. The minimum absolute atomic E-state index is 0.126. The van der Waals surface area contributed by atoms with Gasteiger partial charge in [0.15, 0.2) is 6.29 Å². The van der Waals surface area contributed by atoms with Crippen LogP contribution in [0.2, 0.25) is 5.02 Å². The molecule has 5 nitrogen and oxygen atoms in total. The van der Waals surface area contributed by atoms with E-state index in [9.17, 15) is 19.8 Å². The first-order valence-electron chi connectivity index (χ1n) is 9.27. The van der Waals surface area contributed by atoms with E-state index in [1.165, 1.54) is 0 Å². The van der Waals surface area contributed by atoms with E-state index in [2.05, 4.69) is 0 Å². The second kappa shape index (κ2) is 11.8. The second-order valence-corrected chi connectivity index (χ2v) is 6.80. The van der Waals surface area contributed by atoms with E-state index < -0.39 is 0 Å². The first-order chi connectivity index (χ1) is 12.4. The van der Waals surface area contributed by atoms with Crippen molar-refractivity contribution in [1.82, 2.24) is 0 Å². The van der Waals surface area contributed by atoms with E-state index in [4.69, 9.17) is 16.3 Å². The van der Waals surface area contributed by atoms with Crippen LogP contribution in [0.1, 0.15) is 79.8 Å². The molecule has 1 aromatic rings. The van der Waals surface area contributed by atoms with Crippen molar-refractivity contribution in [2.24, 2.45) is 0 Å². The molecule has 0 saturated carbocycles. The van der Waals surface area contributed by atoms with Crippen LogP contribution in [-0.4, -0.2) is 29.1 Å². The van der Waals surface area contributed by atoms with Crippen molar-refractivity contribution in [2.75, 3.05) is 6.61 Å². The molecule has 0 spiro atoms. The number of rotatable bonds is 12. The van der Waals surface area contributed by atoms with Crippen molar-refractivity contribution in [3.05, 3.63) is 21.7 Å². The van der Waals surface area contributed by atoms with Gasteiger partial charge in [0.25, 0.3) is 0 Å². The molecule has 2 N–H and O–H groups in total. The molecule has 0 atom stereocenters. The maximum atomic E-state index is 11.2. The van der Waals surface area contributed by atoms with Crippen molar-refractivity contribution < 1.29 is 24.5 Å². The Balaban J connectivity index is 2.30. The number of hydrogen-bond donors (Lipinski definition) is 2. The number of unbranched alkanes of at least 4 members (excludes halogenated alkanes) is 6. The number of hydrogen-bond acceptors (Lipinski definition) is 5. The fourth-order valence-corrected chi connectivity index (χ4v) is 3.17. The molecule has 0 amide bonds. The molecule has 0 fully saturated rings. The van der Waals surface area contributed by atoms with Crippen molar-refractivity contribution >= 4 is 23.9 Å². The third kappa shape index (κ3) is 6.52. The number of phenolic OH excluding ortho intramolecular Hbond substituents is 2. The number of carbonyl (C=O) groups excluding carboxylic acids is 2. The topological polar surface area (TPSA) is 83.8 Å². The van der Waals surface area contributed by atoms with Crippen LogP contribution < -0.4 is 0 Å². The highest BCUT2D eigenvalue weighted by molar-refractivity contribution is 6.33. The maximum Gasteiger partial charge on any atom is 0.305 e. The number of carbonyl (C=O) groups is 2. The van der Waals surface area contributed by atoms with Gasteiger partial charge in [-0.1, -0.05) is 43.7 Å². The number of esters is 1. The van der Waals surface area contributed by atoms with Gasteiger partial charge in [0.05, 0.1) is 17.2 Å². The molecule has 0 heterocycles. The van der Waals surface area contributed by atoms with Gasteiger partial charge in [0, 0.05) is 12.0 Å². The lowest BCUT2D eigenvalue weighted by Crippen LogP contribution is -2.03. The van der Waals surface area contributed by atoms with Gasteiger partial charge in [-0.05, 0) is 38.7 Å². The summed E-state index contributed by atoms with van der Waals surface area (Å²) in [7, 11) is 0. The molecule has 1 rings (SSSR count). The van der Waals surface area contributed by atoms with Crippen LogP contribution in [0.25, 0.3) is 0 Å². The molecule has 1 aromatic carbocycles. The molecule has 0 radical (unpaired) electrons. The van der Waals surface area contributed by atoms with E-state index in [1.807, 2.05) is 6.92 Å². The zero-order chi connectivity index (χ0) is 19.5. The fraction of sp³-hybridized carbons (Fsp3) is 0.600. The van der Waals surface area contributed by atoms with Crippen LogP contribution in [0.4, 0.5) is 0 Å². The van der Waals surface area contributed by atoms with Crippen LogP contribution in [0, 0.1) is 6.92 Å². The van der Waals surface area contributed by atoms with Crippen LogP contribution in [0.15, 0.2) is 0 Å². The molecular formula is C20H29ClO5. The summed E-state index contributed by atoms with van der Waals surface area (Å²) < 4.78 is 4.88. The quantitative estimate of drug-likeness (QED) is 0.297. The zero-order valence-electron chi connectivity index (χ0n) is 15.6. The standard InChI is InChI=1S/C20H29ClO5/c1-3-26-17(23)12-10-8-6-4-5-7-9-11-15-19(24)16(13-22)14(2)18(21)20(15)25/h13,24-25H,3-12H2,1-2H3. The Labute approximate surface area is 160 Å². The maximum absolute atomic E-state index is 11.2. The zero-order valence-corrected chi connectivity index (χ0v) is 16.4. The van der Waals surface area contributed by atoms with E-state index in [1.54, 1.807) is 6.92 Å². The summed E-state index contributed by atoms with van der Waals surface area (Å²) in [6.07, 6.45) is 8.34. The van der Waals surface area contributed by atoms with Gasteiger partial charge >= 0.3 is 5.97 Å². The molecule has 146 valence electrons. The Hall–Kier alpha value is -1.75. The number of phenols is 2. The Bertz CT molecular complexity index is 613. The summed E-state index contributed by atoms with van der Waals surface area (Å²) >= 11 is 6.04. The highest BCUT2D eigenvalue weighted by Crippen LogP contribution is 2.40. The van der Waals surface area contributed by atoms with E-state index in [0.29, 0.717) is 36.9 Å². The lowest BCUT2D eigenvalue weighted by atomic mass is 9.98. The summed E-state index contributed by atoms with van der Waals surface area (Å²) in [5.41, 5.74) is 0.879. The SMILES string of the molecule is CCOC(=O)CCCCCCCCCc1c(O)c(Cl)c(C)c(C=O)c1O. The Morgan fingerprint density at radius 3 is 2.19 bits per heavy atom. The molecule has 0 aliphatic rings. The lowest BCUT2D eigenvalue weighted by molar-refractivity contribution is -0.143. The molecule has 0 aliphatic carbocycles. The van der Waals surface area contributed by atoms with Gasteiger partial charge in [0.1, 0.15) is 11.5 Å². The molecule has 0 aromatic heterocycles. The van der Waals surface area contributed by atoms with Gasteiger partial charge in [-0.25, -0.2) is 0 Å². The molecule has 26 heavy (non-hydrogen) atoms. The van der Waals surface area contributed by atoms with Gasteiger partial charge in [-0.2, -0.15) is 0 Å². The third-order valence-corrected chi connectivity index (χ3v) is 4.96. The molecular weight excluding hydrogens is 356 g/mol. The number of halogens is 1. The molecule has 0 unspecified atom stereocenters. The number of ether oxygens (including phenoxy) is 1. The highest BCUT2D eigenvalue weighted by Gasteiger charge is 2.19. The molecule has 0 bridgehead atoms. The smallest absolute Gasteiger partial charge is 0.305 e. The highest BCUT2D eigenvalue weighted by atomic mass is 35.5. The van der Waals surface area contributed by atoms with Crippen LogP contribution in [-0.2, 0) is 16.0 Å². The average Bonchev–Trinajstić information content (AvgIpc) is 2.61. The predicted octanol–water partition coefficient (Wildman–Crippen LogP) is 5.10. The Morgan fingerprint density at radius 1 is 1.04 bits per heavy atom. The van der Waals surface area contributed by atoms with E-state index in [-0.39, 0.29) is 28.1 Å². The van der Waals surface area contributed by atoms with Crippen molar-refractivity contribution in [2.45, 2.75) is 71.6 Å². The molecule has 0 aliphatic heterocycles. The van der Waals surface area contributed by atoms with Gasteiger partial charge in [0.2, 0.25) is 0 Å². The number of aldehydes is 1. The first kappa shape index (κ1) is 22.3. The van der Waals surface area contributed by atoms with E-state index >= 15 is 0 Å². The van der Waals surface area contributed by atoms with Gasteiger partial charge in [-0.3, -0.25) is 9.59 Å². The Kier molecular flexibility index (Phi) is 10.1. The predicted molar refractivity (Wildman–Crippen MR) is 102 cm³/mol. The van der Waals surface area contributed by atoms with Crippen LogP contribution in [0.3, 0.4) is 0 Å². The van der Waals surface area contributed by atoms with Gasteiger partial charge < -0.3 is 14.9 Å². The van der Waals surface area contributed by atoms with Crippen LogP contribution >= 0.6 is 11.6 Å². The first-order valence-corrected chi connectivity index (χ1v) is 9.65. The van der Waals surface area contributed by atoms with E-state index in [0.717, 1.165) is 44.9 Å². The monoisotopic (exact) mass is 384 g/mol. The van der Waals surface area contributed by atoms with Crippen molar-refractivity contribution in [3.63, 3.8) is 0 Å². The summed E-state index contributed by atoms with van der Waals surface area (Å²) in [5.74, 6) is -0.428. The number of benzene rings is 1. The Morgan fingerprint density at radius 2 is 1.62 bits per heavy atom. The fourth-order valence-electron chi connectivity index (χ4n) is 2.95. The normalized spacial score (nSPS) is 10.7. The van der Waals surface area contributed by atoms with Crippen LogP contribution in [0.5, 0.6) is 11.5 Å². The van der Waals surface area contributed by atoms with Gasteiger partial charge in [-0.15, -0.1) is 0 Å². The lowest BCUT2D eigenvalue weighted by Gasteiger charge is -2.13. The van der Waals surface area contributed by atoms with Crippen molar-refractivity contribution in [1.29, 1.82) is 0 Å². The summed E-state index contributed by atoms with van der Waals surface area (Å²) in [4.78, 5) is 22.3. The summed E-state index contributed by atoms with van der Waals surface area (Å²) in [5, 5.41) is 20.4.